The minimum Gasteiger partial charge on any atom is -0.508 e. The van der Waals surface area contributed by atoms with Crippen molar-refractivity contribution in [3.05, 3.63) is 105 Å². The molecule has 0 spiro atoms. The number of nitrogens with one attached hydrogen (secondary N) is 1. The first-order valence-corrected chi connectivity index (χ1v) is 11.5. The normalized spacial score (nSPS) is 14.2. The summed E-state index contributed by atoms with van der Waals surface area (Å²) in [4.78, 5) is 26.8. The van der Waals surface area contributed by atoms with Crippen molar-refractivity contribution in [2.75, 3.05) is 12.4 Å². The van der Waals surface area contributed by atoms with Gasteiger partial charge in [-0.2, -0.15) is 0 Å². The molecule has 0 aliphatic carbocycles. The average molecular weight is 481 g/mol. The van der Waals surface area contributed by atoms with Gasteiger partial charge < -0.3 is 19.7 Å². The summed E-state index contributed by atoms with van der Waals surface area (Å²) in [7, 11) is 4.80. The fourth-order valence-electron chi connectivity index (χ4n) is 5.16. The molecule has 1 atom stereocenters. The van der Waals surface area contributed by atoms with Crippen LogP contribution in [0.4, 0.5) is 5.69 Å². The Labute approximate surface area is 206 Å². The molecule has 180 valence electrons. The van der Waals surface area contributed by atoms with E-state index < -0.39 is 5.69 Å². The second kappa shape index (κ2) is 7.91. The number of phenolic OH excluding ortho intramolecular Hbond substituents is 1. The Morgan fingerprint density at radius 3 is 2.28 bits per heavy atom. The van der Waals surface area contributed by atoms with Crippen LogP contribution in [0.15, 0.2) is 82.4 Å². The number of hydrogen-bond donors (Lipinski definition) is 2. The average Bonchev–Trinajstić information content (AvgIpc) is 3.27. The molecule has 5 aromatic rings. The number of phenols is 1. The molecule has 0 saturated carbocycles. The number of aromatic nitrogens is 3. The topological polar surface area (TPSA) is 90.4 Å². The molecule has 0 amide bonds. The maximum absolute atomic E-state index is 13.7. The predicted molar refractivity (Wildman–Crippen MR) is 139 cm³/mol. The minimum atomic E-state index is -0.398. The maximum Gasteiger partial charge on any atom is 0.331 e. The second-order valence-corrected chi connectivity index (χ2v) is 8.91. The van der Waals surface area contributed by atoms with Crippen LogP contribution in [-0.2, 0) is 14.1 Å². The summed E-state index contributed by atoms with van der Waals surface area (Å²) in [5.74, 6) is 0.869. The quantitative estimate of drug-likeness (QED) is 0.409. The Hall–Kier alpha value is -4.72. The van der Waals surface area contributed by atoms with E-state index in [4.69, 9.17) is 4.74 Å². The molecule has 0 radical (unpaired) electrons. The Morgan fingerprint density at radius 1 is 0.889 bits per heavy atom. The third-order valence-electron chi connectivity index (χ3n) is 6.92. The van der Waals surface area contributed by atoms with E-state index in [0.29, 0.717) is 22.3 Å². The Kier molecular flexibility index (Phi) is 4.79. The molecular formula is C28H24N4O4. The Bertz CT molecular complexity index is 1760. The molecule has 1 aliphatic heterocycles. The van der Waals surface area contributed by atoms with Crippen LogP contribution in [0.5, 0.6) is 11.5 Å². The first-order valence-electron chi connectivity index (χ1n) is 11.5. The second-order valence-electron chi connectivity index (χ2n) is 8.91. The monoisotopic (exact) mass is 480 g/mol. The number of ether oxygens (including phenoxy) is 1. The van der Waals surface area contributed by atoms with Crippen LogP contribution >= 0.6 is 0 Å². The highest BCUT2D eigenvalue weighted by Gasteiger charge is 2.34. The van der Waals surface area contributed by atoms with Crippen molar-refractivity contribution in [2.45, 2.75) is 6.04 Å². The number of methoxy groups -OCH3 is 1. The first kappa shape index (κ1) is 21.8. The number of hydrogen-bond acceptors (Lipinski definition) is 5. The summed E-state index contributed by atoms with van der Waals surface area (Å²) in [5.41, 5.74) is 4.76. The van der Waals surface area contributed by atoms with Crippen LogP contribution in [0.25, 0.3) is 27.8 Å². The highest BCUT2D eigenvalue weighted by molar-refractivity contribution is 5.99. The van der Waals surface area contributed by atoms with Gasteiger partial charge in [-0.05, 0) is 59.7 Å². The Balaban J connectivity index is 1.83. The standard InChI is InChI=1S/C28H24N4O4/c1-30-25-22(27(34)31(2)28(30)35)24(17-10-14-19(36-3)15-11-17)32-21-7-5-4-6-20(21)29-23(26(25)32)16-8-12-18(33)13-9-16/h4-15,23,29,33H,1-3H3/t23-/m0/s1. The van der Waals surface area contributed by atoms with E-state index in [1.807, 2.05) is 60.7 Å². The fourth-order valence-corrected chi connectivity index (χ4v) is 5.16. The lowest BCUT2D eigenvalue weighted by atomic mass is 9.99. The molecule has 0 saturated heterocycles. The summed E-state index contributed by atoms with van der Waals surface area (Å²) in [5, 5.41) is 14.0. The third-order valence-corrected chi connectivity index (χ3v) is 6.92. The maximum atomic E-state index is 13.7. The highest BCUT2D eigenvalue weighted by Crippen LogP contribution is 2.45. The molecule has 6 rings (SSSR count). The van der Waals surface area contributed by atoms with Crippen LogP contribution in [0.3, 0.4) is 0 Å². The van der Waals surface area contributed by atoms with Crippen molar-refractivity contribution in [1.29, 1.82) is 0 Å². The minimum absolute atomic E-state index is 0.162. The summed E-state index contributed by atoms with van der Waals surface area (Å²) in [6, 6.07) is 22.0. The largest absolute Gasteiger partial charge is 0.508 e. The van der Waals surface area contributed by atoms with E-state index in [2.05, 4.69) is 9.88 Å². The zero-order chi connectivity index (χ0) is 25.1. The van der Waals surface area contributed by atoms with Gasteiger partial charge in [0.2, 0.25) is 0 Å². The Morgan fingerprint density at radius 2 is 1.58 bits per heavy atom. The van der Waals surface area contributed by atoms with Crippen molar-refractivity contribution < 1.29 is 9.84 Å². The van der Waals surface area contributed by atoms with E-state index >= 15 is 0 Å². The molecule has 8 heteroatoms. The number of aromatic hydroxyl groups is 1. The molecule has 0 bridgehead atoms. The van der Waals surface area contributed by atoms with Gasteiger partial charge in [-0.3, -0.25) is 13.9 Å². The number of para-hydroxylation sites is 2. The lowest BCUT2D eigenvalue weighted by Gasteiger charge is -2.31. The summed E-state index contributed by atoms with van der Waals surface area (Å²) < 4.78 is 10.1. The van der Waals surface area contributed by atoms with Gasteiger partial charge in [-0.1, -0.05) is 24.3 Å². The van der Waals surface area contributed by atoms with Gasteiger partial charge in [0.25, 0.3) is 5.56 Å². The molecule has 0 fully saturated rings. The van der Waals surface area contributed by atoms with Gasteiger partial charge in [0.1, 0.15) is 11.5 Å². The molecule has 2 N–H and O–H groups in total. The molecule has 0 unspecified atom stereocenters. The summed E-state index contributed by atoms with van der Waals surface area (Å²) >= 11 is 0. The fraction of sp³-hybridized carbons (Fsp3) is 0.143. The van der Waals surface area contributed by atoms with Gasteiger partial charge in [0.05, 0.1) is 46.8 Å². The van der Waals surface area contributed by atoms with Gasteiger partial charge in [0.15, 0.2) is 0 Å². The lowest BCUT2D eigenvalue weighted by molar-refractivity contribution is 0.415. The predicted octanol–water partition coefficient (Wildman–Crippen LogP) is 3.92. The van der Waals surface area contributed by atoms with Crippen LogP contribution in [-0.4, -0.2) is 25.9 Å². The number of anilines is 1. The van der Waals surface area contributed by atoms with Crippen molar-refractivity contribution in [2.24, 2.45) is 14.1 Å². The zero-order valence-corrected chi connectivity index (χ0v) is 20.0. The SMILES string of the molecule is COc1ccc(-c2c3c(=O)n(C)c(=O)n(C)c3c3n2-c2ccccc2N[C@H]3c2ccc(O)cc2)cc1. The van der Waals surface area contributed by atoms with Crippen LogP contribution in [0.1, 0.15) is 17.3 Å². The van der Waals surface area contributed by atoms with Gasteiger partial charge in [0, 0.05) is 14.1 Å². The third kappa shape index (κ3) is 3.00. The van der Waals surface area contributed by atoms with Crippen molar-refractivity contribution in [1.82, 2.24) is 13.7 Å². The molecule has 2 aromatic heterocycles. The van der Waals surface area contributed by atoms with Crippen molar-refractivity contribution >= 4 is 16.6 Å². The number of aryl methyl sites for hydroxylation is 1. The van der Waals surface area contributed by atoms with Gasteiger partial charge in [-0.15, -0.1) is 0 Å². The van der Waals surface area contributed by atoms with Crippen LogP contribution in [0.2, 0.25) is 0 Å². The van der Waals surface area contributed by atoms with Crippen molar-refractivity contribution in [3.8, 4) is 28.4 Å². The number of rotatable bonds is 3. The van der Waals surface area contributed by atoms with Crippen molar-refractivity contribution in [3.63, 3.8) is 0 Å². The highest BCUT2D eigenvalue weighted by atomic mass is 16.5. The van der Waals surface area contributed by atoms with Crippen LogP contribution < -0.4 is 21.3 Å². The summed E-state index contributed by atoms with van der Waals surface area (Å²) in [6.45, 7) is 0. The molecule has 3 aromatic carbocycles. The molecule has 8 nitrogen and oxygen atoms in total. The van der Waals surface area contributed by atoms with E-state index in [9.17, 15) is 14.7 Å². The van der Waals surface area contributed by atoms with E-state index in [-0.39, 0.29) is 17.4 Å². The molecular weight excluding hydrogens is 456 g/mol. The van der Waals surface area contributed by atoms with Crippen LogP contribution in [0, 0.1) is 0 Å². The molecule has 3 heterocycles. The molecule has 36 heavy (non-hydrogen) atoms. The van der Waals surface area contributed by atoms with Gasteiger partial charge >= 0.3 is 5.69 Å². The number of nitrogens with zero attached hydrogens (tertiary/aromatic N) is 3. The van der Waals surface area contributed by atoms with Gasteiger partial charge in [-0.25, -0.2) is 4.79 Å². The van der Waals surface area contributed by atoms with E-state index in [1.165, 1.54) is 7.05 Å². The number of benzene rings is 3. The van der Waals surface area contributed by atoms with E-state index in [0.717, 1.165) is 32.8 Å². The zero-order valence-electron chi connectivity index (χ0n) is 20.0. The van der Waals surface area contributed by atoms with E-state index in [1.54, 1.807) is 30.9 Å². The lowest BCUT2D eigenvalue weighted by Crippen LogP contribution is -2.37. The number of fused-ring (bicyclic) bond motifs is 5. The summed E-state index contributed by atoms with van der Waals surface area (Å²) in [6.07, 6.45) is 0. The first-order chi connectivity index (χ1) is 17.4. The molecule has 1 aliphatic rings. The smallest absolute Gasteiger partial charge is 0.331 e.